The molecule has 2 aliphatic rings. The minimum atomic E-state index is -0.188. The number of benzene rings is 1. The number of carbonyl (C=O) groups excluding carboxylic acids is 2. The van der Waals surface area contributed by atoms with Gasteiger partial charge in [0.25, 0.3) is 5.91 Å². The molecule has 0 bridgehead atoms. The second-order valence-corrected chi connectivity index (χ2v) is 7.28. The molecule has 1 unspecified atom stereocenters. The van der Waals surface area contributed by atoms with Crippen LogP contribution in [0.5, 0.6) is 5.75 Å². The SMILES string of the molecule is CCN1C(=O)COc2cc3c(cc21)C(c1cc(C#CCO)cs1)CC(=O)N3. The van der Waals surface area contributed by atoms with Gasteiger partial charge < -0.3 is 20.1 Å². The minimum Gasteiger partial charge on any atom is -0.481 e. The predicted molar refractivity (Wildman–Crippen MR) is 103 cm³/mol. The van der Waals surface area contributed by atoms with Gasteiger partial charge in [0.15, 0.2) is 6.61 Å². The van der Waals surface area contributed by atoms with Crippen molar-refractivity contribution in [3.05, 3.63) is 39.6 Å². The lowest BCUT2D eigenvalue weighted by molar-refractivity contribution is -0.121. The van der Waals surface area contributed by atoms with E-state index in [0.717, 1.165) is 27.4 Å². The Morgan fingerprint density at radius 2 is 2.22 bits per heavy atom. The first-order valence-corrected chi connectivity index (χ1v) is 9.57. The van der Waals surface area contributed by atoms with Crippen LogP contribution < -0.4 is 15.0 Å². The van der Waals surface area contributed by atoms with Crippen molar-refractivity contribution < 1.29 is 19.4 Å². The fourth-order valence-corrected chi connectivity index (χ4v) is 4.46. The summed E-state index contributed by atoms with van der Waals surface area (Å²) in [6, 6.07) is 5.72. The molecule has 0 aliphatic carbocycles. The molecule has 4 rings (SSSR count). The molecule has 1 atom stereocenters. The van der Waals surface area contributed by atoms with E-state index in [1.54, 1.807) is 16.2 Å². The fraction of sp³-hybridized carbons (Fsp3) is 0.300. The molecule has 2 aliphatic heterocycles. The summed E-state index contributed by atoms with van der Waals surface area (Å²) in [5.41, 5.74) is 3.25. The number of fused-ring (bicyclic) bond motifs is 2. The van der Waals surface area contributed by atoms with Gasteiger partial charge in [0.05, 0.1) is 5.69 Å². The molecule has 2 aromatic rings. The number of carbonyl (C=O) groups is 2. The maximum Gasteiger partial charge on any atom is 0.265 e. The van der Waals surface area contributed by atoms with Gasteiger partial charge in [-0.3, -0.25) is 9.59 Å². The van der Waals surface area contributed by atoms with Crippen LogP contribution in [0.15, 0.2) is 23.6 Å². The normalized spacial score (nSPS) is 18.0. The Hall–Kier alpha value is -2.82. The highest BCUT2D eigenvalue weighted by atomic mass is 32.1. The third-order valence-electron chi connectivity index (χ3n) is 4.70. The van der Waals surface area contributed by atoms with Crippen LogP contribution >= 0.6 is 11.3 Å². The molecule has 6 nitrogen and oxygen atoms in total. The van der Waals surface area contributed by atoms with Crippen LogP contribution in [-0.2, 0) is 9.59 Å². The topological polar surface area (TPSA) is 78.9 Å². The summed E-state index contributed by atoms with van der Waals surface area (Å²) in [4.78, 5) is 27.2. The van der Waals surface area contributed by atoms with Crippen molar-refractivity contribution in [2.75, 3.05) is 30.0 Å². The Labute approximate surface area is 160 Å². The summed E-state index contributed by atoms with van der Waals surface area (Å²) in [5.74, 6) is 5.92. The van der Waals surface area contributed by atoms with E-state index in [9.17, 15) is 9.59 Å². The molecule has 2 amide bonds. The number of likely N-dealkylation sites (N-methyl/N-ethyl adjacent to an activating group) is 1. The van der Waals surface area contributed by atoms with Gasteiger partial charge in [-0.1, -0.05) is 11.8 Å². The zero-order valence-electron chi connectivity index (χ0n) is 14.7. The van der Waals surface area contributed by atoms with Crippen molar-refractivity contribution in [2.45, 2.75) is 19.3 Å². The summed E-state index contributed by atoms with van der Waals surface area (Å²) >= 11 is 1.54. The summed E-state index contributed by atoms with van der Waals surface area (Å²) in [6.45, 7) is 2.31. The molecule has 1 aromatic carbocycles. The van der Waals surface area contributed by atoms with Crippen LogP contribution in [0.25, 0.3) is 0 Å². The zero-order chi connectivity index (χ0) is 19.0. The Morgan fingerprint density at radius 1 is 1.37 bits per heavy atom. The Morgan fingerprint density at radius 3 is 3.00 bits per heavy atom. The number of rotatable bonds is 2. The van der Waals surface area contributed by atoms with E-state index in [4.69, 9.17) is 9.84 Å². The molecule has 1 aromatic heterocycles. The molecule has 3 heterocycles. The molecule has 27 heavy (non-hydrogen) atoms. The maximum absolute atomic E-state index is 12.3. The van der Waals surface area contributed by atoms with Crippen molar-refractivity contribution >= 4 is 34.5 Å². The van der Waals surface area contributed by atoms with Crippen molar-refractivity contribution in [1.82, 2.24) is 0 Å². The molecule has 0 spiro atoms. The Bertz CT molecular complexity index is 986. The van der Waals surface area contributed by atoms with Gasteiger partial charge in [0.1, 0.15) is 12.4 Å². The molecule has 0 fully saturated rings. The lowest BCUT2D eigenvalue weighted by atomic mass is 9.88. The number of nitrogens with one attached hydrogen (secondary N) is 1. The first kappa shape index (κ1) is 17.6. The van der Waals surface area contributed by atoms with E-state index in [0.29, 0.717) is 18.7 Å². The number of anilines is 2. The molecule has 0 saturated carbocycles. The first-order chi connectivity index (χ1) is 13.1. The largest absolute Gasteiger partial charge is 0.481 e. The van der Waals surface area contributed by atoms with Gasteiger partial charge >= 0.3 is 0 Å². The molecule has 0 saturated heterocycles. The highest BCUT2D eigenvalue weighted by Gasteiger charge is 2.32. The highest BCUT2D eigenvalue weighted by Crippen LogP contribution is 2.45. The van der Waals surface area contributed by atoms with Crippen LogP contribution in [-0.4, -0.2) is 36.7 Å². The average Bonchev–Trinajstić information content (AvgIpc) is 3.13. The van der Waals surface area contributed by atoms with Gasteiger partial charge in [0, 0.05) is 46.5 Å². The average molecular weight is 382 g/mol. The van der Waals surface area contributed by atoms with Gasteiger partial charge in [-0.05, 0) is 24.6 Å². The van der Waals surface area contributed by atoms with E-state index in [1.165, 1.54) is 0 Å². The van der Waals surface area contributed by atoms with Gasteiger partial charge in [-0.25, -0.2) is 0 Å². The van der Waals surface area contributed by atoms with Gasteiger partial charge in [-0.15, -0.1) is 11.3 Å². The van der Waals surface area contributed by atoms with Crippen molar-refractivity contribution in [3.8, 4) is 17.6 Å². The molecular formula is C20H18N2O4S. The number of aliphatic hydroxyl groups excluding tert-OH is 1. The lowest BCUT2D eigenvalue weighted by Gasteiger charge is -2.32. The predicted octanol–water partition coefficient (Wildman–Crippen LogP) is 2.31. The quantitative estimate of drug-likeness (QED) is 0.782. The lowest BCUT2D eigenvalue weighted by Crippen LogP contribution is -2.39. The number of ether oxygens (including phenoxy) is 1. The summed E-state index contributed by atoms with van der Waals surface area (Å²) in [6.07, 6.45) is 0.333. The second-order valence-electron chi connectivity index (χ2n) is 6.34. The third kappa shape index (κ3) is 3.18. The highest BCUT2D eigenvalue weighted by molar-refractivity contribution is 7.10. The van der Waals surface area contributed by atoms with Crippen LogP contribution in [0.1, 0.15) is 35.3 Å². The Balaban J connectivity index is 1.79. The van der Waals surface area contributed by atoms with E-state index in [1.807, 2.05) is 30.5 Å². The van der Waals surface area contributed by atoms with Gasteiger partial charge in [-0.2, -0.15) is 0 Å². The number of thiophene rings is 1. The van der Waals surface area contributed by atoms with Crippen molar-refractivity contribution in [3.63, 3.8) is 0 Å². The van der Waals surface area contributed by atoms with E-state index in [-0.39, 0.29) is 30.9 Å². The summed E-state index contributed by atoms with van der Waals surface area (Å²) < 4.78 is 5.58. The van der Waals surface area contributed by atoms with Gasteiger partial charge in [0.2, 0.25) is 5.91 Å². The van der Waals surface area contributed by atoms with E-state index >= 15 is 0 Å². The number of hydrogen-bond donors (Lipinski definition) is 2. The maximum atomic E-state index is 12.3. The van der Waals surface area contributed by atoms with E-state index < -0.39 is 0 Å². The number of hydrogen-bond acceptors (Lipinski definition) is 5. The summed E-state index contributed by atoms with van der Waals surface area (Å²) in [7, 11) is 0. The number of nitrogens with zero attached hydrogens (tertiary/aromatic N) is 1. The number of amides is 2. The first-order valence-electron chi connectivity index (χ1n) is 8.69. The van der Waals surface area contributed by atoms with Crippen LogP contribution in [0.4, 0.5) is 11.4 Å². The standard InChI is InChI=1S/C20H18N2O4S/c1-2-22-16-7-13-14(18-6-12(11-27-18)4-3-5-23)8-19(24)21-15(13)9-17(16)26-10-20(22)25/h6-7,9,11,14,23H,2,5,8,10H2,1H3,(H,21,24). The molecule has 0 radical (unpaired) electrons. The second kappa shape index (κ2) is 7.06. The molecule has 2 N–H and O–H groups in total. The third-order valence-corrected chi connectivity index (χ3v) is 5.75. The monoisotopic (exact) mass is 382 g/mol. The molecule has 138 valence electrons. The van der Waals surface area contributed by atoms with Crippen LogP contribution in [0.3, 0.4) is 0 Å². The summed E-state index contributed by atoms with van der Waals surface area (Å²) in [5, 5.41) is 13.7. The van der Waals surface area contributed by atoms with Crippen molar-refractivity contribution in [1.29, 1.82) is 0 Å². The fourth-order valence-electron chi connectivity index (χ4n) is 3.50. The van der Waals surface area contributed by atoms with Crippen molar-refractivity contribution in [2.24, 2.45) is 0 Å². The Kier molecular flexibility index (Phi) is 4.60. The van der Waals surface area contributed by atoms with E-state index in [2.05, 4.69) is 17.2 Å². The molecule has 7 heteroatoms. The zero-order valence-corrected chi connectivity index (χ0v) is 15.6. The smallest absolute Gasteiger partial charge is 0.265 e. The number of aliphatic hydroxyl groups is 1. The van der Waals surface area contributed by atoms with Crippen LogP contribution in [0, 0.1) is 11.8 Å². The minimum absolute atomic E-state index is 0.00874. The molecular weight excluding hydrogens is 364 g/mol. The van der Waals surface area contributed by atoms with Crippen LogP contribution in [0.2, 0.25) is 0 Å².